The molecule has 3 nitrogen and oxygen atoms in total. The van der Waals surface area contributed by atoms with Crippen LogP contribution in [0.4, 0.5) is 0 Å². The van der Waals surface area contributed by atoms with E-state index in [0.29, 0.717) is 12.6 Å². The summed E-state index contributed by atoms with van der Waals surface area (Å²) in [4.78, 5) is 3.23. The molecule has 0 fully saturated rings. The van der Waals surface area contributed by atoms with Gasteiger partial charge in [-0.2, -0.15) is 5.10 Å². The molecule has 1 rings (SSSR count). The van der Waals surface area contributed by atoms with Crippen molar-refractivity contribution in [2.75, 3.05) is 0 Å². The number of hydrogen-bond acceptors (Lipinski definition) is 1. The normalized spacial score (nSPS) is 10.0. The van der Waals surface area contributed by atoms with E-state index in [1.807, 2.05) is 12.4 Å². The molecular formula is C8H11N3. The Balaban J connectivity index is 2.75. The van der Waals surface area contributed by atoms with E-state index in [2.05, 4.69) is 23.8 Å². The number of aromatic nitrogens is 2. The van der Waals surface area contributed by atoms with Crippen molar-refractivity contribution < 1.29 is 0 Å². The SMILES string of the molecule is [C-]#[N+]Cn1cc(C(C)C)cn1. The summed E-state index contributed by atoms with van der Waals surface area (Å²) >= 11 is 0. The Hall–Kier alpha value is -1.30. The van der Waals surface area contributed by atoms with Crippen molar-refractivity contribution in [3.05, 3.63) is 29.4 Å². The lowest BCUT2D eigenvalue weighted by molar-refractivity contribution is 0.697. The molecule has 1 heterocycles. The van der Waals surface area contributed by atoms with E-state index < -0.39 is 0 Å². The summed E-state index contributed by atoms with van der Waals surface area (Å²) in [6.07, 6.45) is 3.73. The molecule has 1 aromatic heterocycles. The summed E-state index contributed by atoms with van der Waals surface area (Å²) in [5.74, 6) is 0.495. The van der Waals surface area contributed by atoms with Gasteiger partial charge in [-0.05, 0) is 11.5 Å². The Morgan fingerprint density at radius 1 is 1.73 bits per heavy atom. The molecule has 0 bridgehead atoms. The van der Waals surface area contributed by atoms with Crippen molar-refractivity contribution in [2.24, 2.45) is 0 Å². The van der Waals surface area contributed by atoms with Gasteiger partial charge in [-0.25, -0.2) is 11.3 Å². The van der Waals surface area contributed by atoms with Crippen LogP contribution in [0.15, 0.2) is 12.4 Å². The van der Waals surface area contributed by atoms with E-state index in [0.717, 1.165) is 0 Å². The van der Waals surface area contributed by atoms with Gasteiger partial charge in [0.2, 0.25) is 0 Å². The third kappa shape index (κ3) is 1.81. The molecule has 0 N–H and O–H groups in total. The predicted octanol–water partition coefficient (Wildman–Crippen LogP) is 1.88. The van der Waals surface area contributed by atoms with Crippen LogP contribution in [0.5, 0.6) is 0 Å². The van der Waals surface area contributed by atoms with Gasteiger partial charge >= 0.3 is 6.67 Å². The molecule has 0 aliphatic rings. The van der Waals surface area contributed by atoms with Crippen molar-refractivity contribution in [1.82, 2.24) is 9.78 Å². The topological polar surface area (TPSA) is 22.2 Å². The van der Waals surface area contributed by atoms with Gasteiger partial charge in [0, 0.05) is 6.20 Å². The van der Waals surface area contributed by atoms with E-state index in [1.54, 1.807) is 4.68 Å². The third-order valence-corrected chi connectivity index (χ3v) is 1.54. The van der Waals surface area contributed by atoms with Gasteiger partial charge in [0.1, 0.15) is 0 Å². The van der Waals surface area contributed by atoms with Gasteiger partial charge in [-0.3, -0.25) is 4.85 Å². The number of nitrogens with zero attached hydrogens (tertiary/aromatic N) is 3. The van der Waals surface area contributed by atoms with Gasteiger partial charge in [-0.1, -0.05) is 13.8 Å². The summed E-state index contributed by atoms with van der Waals surface area (Å²) in [6, 6.07) is 0. The highest BCUT2D eigenvalue weighted by Gasteiger charge is 2.02. The van der Waals surface area contributed by atoms with Crippen LogP contribution >= 0.6 is 0 Å². The summed E-state index contributed by atoms with van der Waals surface area (Å²) in [5, 5.41) is 4.03. The smallest absolute Gasteiger partial charge is 0.291 e. The van der Waals surface area contributed by atoms with E-state index in [1.165, 1.54) is 5.56 Å². The van der Waals surface area contributed by atoms with E-state index in [4.69, 9.17) is 6.57 Å². The van der Waals surface area contributed by atoms with E-state index in [-0.39, 0.29) is 0 Å². The standard InChI is InChI=1S/C8H11N3/c1-7(2)8-4-10-11(5-8)6-9-3/h4-5,7H,6H2,1-2H3. The Labute approximate surface area is 66.5 Å². The molecule has 1 aromatic rings. The average molecular weight is 149 g/mol. The van der Waals surface area contributed by atoms with Gasteiger partial charge in [0.15, 0.2) is 0 Å². The van der Waals surface area contributed by atoms with Crippen molar-refractivity contribution in [1.29, 1.82) is 0 Å². The largest absolute Gasteiger partial charge is 0.307 e. The third-order valence-electron chi connectivity index (χ3n) is 1.54. The minimum absolute atomic E-state index is 0.326. The Bertz CT molecular complexity index is 267. The second-order valence-corrected chi connectivity index (χ2v) is 2.77. The first kappa shape index (κ1) is 7.80. The van der Waals surface area contributed by atoms with Crippen molar-refractivity contribution in [3.63, 3.8) is 0 Å². The maximum absolute atomic E-state index is 6.62. The van der Waals surface area contributed by atoms with Crippen LogP contribution in [0.3, 0.4) is 0 Å². The molecule has 0 aliphatic carbocycles. The molecule has 0 saturated carbocycles. The maximum atomic E-state index is 6.62. The van der Waals surface area contributed by atoms with Crippen LogP contribution in [-0.4, -0.2) is 9.78 Å². The summed E-state index contributed by atoms with van der Waals surface area (Å²) < 4.78 is 1.66. The molecule has 0 atom stereocenters. The van der Waals surface area contributed by atoms with Crippen LogP contribution in [-0.2, 0) is 6.67 Å². The molecule has 11 heavy (non-hydrogen) atoms. The molecule has 0 radical (unpaired) electrons. The van der Waals surface area contributed by atoms with Crippen molar-refractivity contribution in [3.8, 4) is 0 Å². The minimum Gasteiger partial charge on any atom is -0.291 e. The van der Waals surface area contributed by atoms with Gasteiger partial charge in [-0.15, -0.1) is 0 Å². The fraction of sp³-hybridized carbons (Fsp3) is 0.500. The fourth-order valence-electron chi connectivity index (χ4n) is 0.827. The Kier molecular flexibility index (Phi) is 2.27. The lowest BCUT2D eigenvalue weighted by atomic mass is 10.1. The lowest BCUT2D eigenvalue weighted by Crippen LogP contribution is -1.92. The zero-order valence-electron chi connectivity index (χ0n) is 6.78. The number of hydrogen-bond donors (Lipinski definition) is 0. The van der Waals surface area contributed by atoms with Gasteiger partial charge in [0.05, 0.1) is 6.20 Å². The molecule has 0 amide bonds. The molecular weight excluding hydrogens is 138 g/mol. The maximum Gasteiger partial charge on any atom is 0.307 e. The minimum atomic E-state index is 0.326. The average Bonchev–Trinajstić information content (AvgIpc) is 2.37. The zero-order chi connectivity index (χ0) is 8.27. The van der Waals surface area contributed by atoms with E-state index in [9.17, 15) is 0 Å². The summed E-state index contributed by atoms with van der Waals surface area (Å²) in [5.41, 5.74) is 1.19. The Morgan fingerprint density at radius 2 is 2.45 bits per heavy atom. The zero-order valence-corrected chi connectivity index (χ0v) is 6.78. The molecule has 58 valence electrons. The predicted molar refractivity (Wildman–Crippen MR) is 42.9 cm³/mol. The molecule has 0 aliphatic heterocycles. The first-order valence-corrected chi connectivity index (χ1v) is 3.59. The van der Waals surface area contributed by atoms with Gasteiger partial charge < -0.3 is 0 Å². The molecule has 0 aromatic carbocycles. The van der Waals surface area contributed by atoms with Crippen LogP contribution in [0.25, 0.3) is 4.85 Å². The molecule has 0 spiro atoms. The second kappa shape index (κ2) is 3.20. The van der Waals surface area contributed by atoms with Gasteiger partial charge in [0.25, 0.3) is 0 Å². The number of rotatable bonds is 2. The first-order chi connectivity index (χ1) is 5.24. The highest BCUT2D eigenvalue weighted by Crippen LogP contribution is 2.11. The van der Waals surface area contributed by atoms with Crippen LogP contribution in [0.2, 0.25) is 0 Å². The van der Waals surface area contributed by atoms with Crippen molar-refractivity contribution >= 4 is 0 Å². The van der Waals surface area contributed by atoms with E-state index >= 15 is 0 Å². The van der Waals surface area contributed by atoms with Crippen molar-refractivity contribution in [2.45, 2.75) is 26.4 Å². The fourth-order valence-corrected chi connectivity index (χ4v) is 0.827. The highest BCUT2D eigenvalue weighted by molar-refractivity contribution is 5.08. The van der Waals surface area contributed by atoms with Crippen LogP contribution in [0.1, 0.15) is 25.3 Å². The molecule has 0 saturated heterocycles. The highest BCUT2D eigenvalue weighted by atomic mass is 15.3. The summed E-state index contributed by atoms with van der Waals surface area (Å²) in [7, 11) is 0. The first-order valence-electron chi connectivity index (χ1n) is 3.59. The lowest BCUT2D eigenvalue weighted by Gasteiger charge is -1.95. The Morgan fingerprint density at radius 3 is 2.91 bits per heavy atom. The van der Waals surface area contributed by atoms with Crippen LogP contribution < -0.4 is 0 Å². The molecule has 3 heteroatoms. The summed E-state index contributed by atoms with van der Waals surface area (Å²) in [6.45, 7) is 11.2. The molecule has 0 unspecified atom stereocenters. The quantitative estimate of drug-likeness (QED) is 0.588. The second-order valence-electron chi connectivity index (χ2n) is 2.77. The van der Waals surface area contributed by atoms with Crippen LogP contribution in [0, 0.1) is 6.57 Å². The monoisotopic (exact) mass is 149 g/mol.